The van der Waals surface area contributed by atoms with Crippen LogP contribution in [-0.4, -0.2) is 25.9 Å². The minimum atomic E-state index is -0.382. The van der Waals surface area contributed by atoms with Crippen molar-refractivity contribution in [3.8, 4) is 0 Å². The van der Waals surface area contributed by atoms with Crippen molar-refractivity contribution < 1.29 is 4.92 Å². The lowest BCUT2D eigenvalue weighted by Gasteiger charge is -2.34. The van der Waals surface area contributed by atoms with Crippen LogP contribution in [0.25, 0.3) is 0 Å². The number of hydrogen-bond donors (Lipinski definition) is 2. The van der Waals surface area contributed by atoms with Crippen molar-refractivity contribution in [2.45, 2.75) is 31.7 Å². The number of hydrogen-bond acceptors (Lipinski definition) is 5. The van der Waals surface area contributed by atoms with Crippen LogP contribution in [0, 0.1) is 17.0 Å². The zero-order valence-corrected chi connectivity index (χ0v) is 11.0. The van der Waals surface area contributed by atoms with Gasteiger partial charge in [0.15, 0.2) is 0 Å². The predicted octanol–water partition coefficient (Wildman–Crippen LogP) is 2.38. The van der Waals surface area contributed by atoms with Crippen LogP contribution in [0.4, 0.5) is 11.5 Å². The lowest BCUT2D eigenvalue weighted by Crippen LogP contribution is -2.35. The first-order chi connectivity index (χ1) is 9.65. The molecule has 2 aromatic heterocycles. The molecule has 0 bridgehead atoms. The second kappa shape index (κ2) is 4.92. The average Bonchev–Trinajstić information content (AvgIpc) is 2.86. The van der Waals surface area contributed by atoms with Gasteiger partial charge in [-0.05, 0) is 25.8 Å². The Kier molecular flexibility index (Phi) is 3.09. The molecule has 1 aliphatic carbocycles. The number of nitro groups is 1. The molecule has 2 N–H and O–H groups in total. The summed E-state index contributed by atoms with van der Waals surface area (Å²) in [6.07, 6.45) is 6.94. The Morgan fingerprint density at radius 1 is 1.40 bits per heavy atom. The van der Waals surface area contributed by atoms with Crippen molar-refractivity contribution in [2.24, 2.45) is 0 Å². The van der Waals surface area contributed by atoms with Gasteiger partial charge in [0, 0.05) is 36.1 Å². The van der Waals surface area contributed by atoms with E-state index in [0.29, 0.717) is 17.3 Å². The standard InChI is InChI=1S/C13H15N5O2/c1-8-2-3-14-13(11(8)18(19)20)17-10-6-9(7-10)12-15-4-5-16-12/h2-5,9-10H,6-7H2,1H3,(H,14,17)(H,15,16). The van der Waals surface area contributed by atoms with Gasteiger partial charge in [0.05, 0.1) is 4.92 Å². The number of H-pyrrole nitrogens is 1. The lowest BCUT2D eigenvalue weighted by molar-refractivity contribution is -0.384. The summed E-state index contributed by atoms with van der Waals surface area (Å²) in [5.41, 5.74) is 0.684. The maximum Gasteiger partial charge on any atom is 0.314 e. The Hall–Kier alpha value is -2.44. The minimum absolute atomic E-state index is 0.0638. The molecule has 20 heavy (non-hydrogen) atoms. The van der Waals surface area contributed by atoms with Crippen LogP contribution < -0.4 is 5.32 Å². The molecule has 7 heteroatoms. The van der Waals surface area contributed by atoms with Gasteiger partial charge in [-0.1, -0.05) is 0 Å². The largest absolute Gasteiger partial charge is 0.362 e. The molecule has 0 unspecified atom stereocenters. The number of aromatic nitrogens is 3. The molecule has 0 spiro atoms. The summed E-state index contributed by atoms with van der Waals surface area (Å²) in [6.45, 7) is 1.72. The third-order valence-electron chi connectivity index (χ3n) is 3.69. The third-order valence-corrected chi connectivity index (χ3v) is 3.69. The Labute approximate surface area is 115 Å². The average molecular weight is 273 g/mol. The molecule has 7 nitrogen and oxygen atoms in total. The van der Waals surface area contributed by atoms with E-state index in [4.69, 9.17) is 0 Å². The van der Waals surface area contributed by atoms with Crippen LogP contribution in [0.3, 0.4) is 0 Å². The van der Waals surface area contributed by atoms with Crippen molar-refractivity contribution in [1.29, 1.82) is 0 Å². The van der Waals surface area contributed by atoms with Gasteiger partial charge in [0.25, 0.3) is 0 Å². The van der Waals surface area contributed by atoms with Crippen LogP contribution in [0.2, 0.25) is 0 Å². The maximum atomic E-state index is 11.1. The summed E-state index contributed by atoms with van der Waals surface area (Å²) in [5.74, 6) is 1.74. The molecule has 2 aromatic rings. The van der Waals surface area contributed by atoms with Crippen molar-refractivity contribution in [1.82, 2.24) is 15.0 Å². The number of rotatable bonds is 4. The summed E-state index contributed by atoms with van der Waals surface area (Å²) < 4.78 is 0. The second-order valence-electron chi connectivity index (χ2n) is 5.07. The summed E-state index contributed by atoms with van der Waals surface area (Å²) in [6, 6.07) is 1.86. The first-order valence-electron chi connectivity index (χ1n) is 6.51. The quantitative estimate of drug-likeness (QED) is 0.658. The van der Waals surface area contributed by atoms with Crippen LogP contribution in [0.15, 0.2) is 24.7 Å². The molecule has 0 radical (unpaired) electrons. The van der Waals surface area contributed by atoms with E-state index in [1.165, 1.54) is 0 Å². The SMILES string of the molecule is Cc1ccnc(NC2CC(c3ncc[nH]3)C2)c1[N+](=O)[O-]. The Morgan fingerprint density at radius 3 is 2.85 bits per heavy atom. The number of aromatic amines is 1. The van der Waals surface area contributed by atoms with E-state index in [-0.39, 0.29) is 16.7 Å². The molecule has 0 aliphatic heterocycles. The molecule has 1 saturated carbocycles. The molecule has 0 amide bonds. The smallest absolute Gasteiger partial charge is 0.314 e. The molecule has 3 rings (SSSR count). The summed E-state index contributed by atoms with van der Waals surface area (Å²) >= 11 is 0. The van der Waals surface area contributed by atoms with Crippen LogP contribution in [-0.2, 0) is 0 Å². The minimum Gasteiger partial charge on any atom is -0.362 e. The van der Waals surface area contributed by atoms with E-state index < -0.39 is 0 Å². The molecule has 2 heterocycles. The van der Waals surface area contributed by atoms with Gasteiger partial charge in [-0.15, -0.1) is 0 Å². The highest BCUT2D eigenvalue weighted by molar-refractivity contribution is 5.60. The van der Waals surface area contributed by atoms with Crippen LogP contribution in [0.5, 0.6) is 0 Å². The van der Waals surface area contributed by atoms with Crippen molar-refractivity contribution >= 4 is 11.5 Å². The normalized spacial score (nSPS) is 21.2. The van der Waals surface area contributed by atoms with E-state index in [0.717, 1.165) is 18.7 Å². The molecular formula is C13H15N5O2. The number of aryl methyl sites for hydroxylation is 1. The van der Waals surface area contributed by atoms with Crippen LogP contribution in [0.1, 0.15) is 30.1 Å². The zero-order valence-electron chi connectivity index (χ0n) is 11.0. The number of nitrogens with one attached hydrogen (secondary N) is 2. The molecule has 104 valence electrons. The van der Waals surface area contributed by atoms with E-state index in [9.17, 15) is 10.1 Å². The first kappa shape index (κ1) is 12.6. The highest BCUT2D eigenvalue weighted by Gasteiger charge is 2.33. The predicted molar refractivity (Wildman–Crippen MR) is 73.6 cm³/mol. The molecule has 1 fully saturated rings. The number of imidazole rings is 1. The van der Waals surface area contributed by atoms with E-state index in [1.807, 2.05) is 6.20 Å². The molecule has 0 atom stereocenters. The second-order valence-corrected chi connectivity index (χ2v) is 5.07. The fraction of sp³-hybridized carbons (Fsp3) is 0.385. The highest BCUT2D eigenvalue weighted by atomic mass is 16.6. The van der Waals surface area contributed by atoms with Crippen molar-refractivity contribution in [3.63, 3.8) is 0 Å². The van der Waals surface area contributed by atoms with Crippen molar-refractivity contribution in [3.05, 3.63) is 46.2 Å². The monoisotopic (exact) mass is 273 g/mol. The van der Waals surface area contributed by atoms with Gasteiger partial charge in [-0.25, -0.2) is 9.97 Å². The molecular weight excluding hydrogens is 258 g/mol. The van der Waals surface area contributed by atoms with E-state index in [1.54, 1.807) is 25.4 Å². The fourth-order valence-corrected chi connectivity index (χ4v) is 2.54. The van der Waals surface area contributed by atoms with Gasteiger partial charge >= 0.3 is 5.69 Å². The number of anilines is 1. The summed E-state index contributed by atoms with van der Waals surface area (Å²) in [4.78, 5) is 22.1. The van der Waals surface area contributed by atoms with Gasteiger partial charge < -0.3 is 10.3 Å². The first-order valence-corrected chi connectivity index (χ1v) is 6.51. The Morgan fingerprint density at radius 2 is 2.20 bits per heavy atom. The molecule has 0 saturated heterocycles. The fourth-order valence-electron chi connectivity index (χ4n) is 2.54. The molecule has 1 aliphatic rings. The lowest BCUT2D eigenvalue weighted by atomic mass is 9.79. The van der Waals surface area contributed by atoms with Crippen molar-refractivity contribution in [2.75, 3.05) is 5.32 Å². The summed E-state index contributed by atoms with van der Waals surface area (Å²) in [7, 11) is 0. The maximum absolute atomic E-state index is 11.1. The summed E-state index contributed by atoms with van der Waals surface area (Å²) in [5, 5.41) is 14.3. The highest BCUT2D eigenvalue weighted by Crippen LogP contribution is 2.38. The zero-order chi connectivity index (χ0) is 14.1. The van der Waals surface area contributed by atoms with E-state index in [2.05, 4.69) is 20.3 Å². The topological polar surface area (TPSA) is 96.7 Å². The Balaban J connectivity index is 1.68. The van der Waals surface area contributed by atoms with Gasteiger partial charge in [0.1, 0.15) is 5.82 Å². The Bertz CT molecular complexity index is 620. The third kappa shape index (κ3) is 2.22. The van der Waals surface area contributed by atoms with Crippen LogP contribution >= 0.6 is 0 Å². The van der Waals surface area contributed by atoms with Gasteiger partial charge in [-0.3, -0.25) is 10.1 Å². The molecule has 0 aromatic carbocycles. The number of pyridine rings is 1. The van der Waals surface area contributed by atoms with Gasteiger partial charge in [0.2, 0.25) is 5.82 Å². The van der Waals surface area contributed by atoms with E-state index >= 15 is 0 Å². The van der Waals surface area contributed by atoms with Gasteiger partial charge in [-0.2, -0.15) is 0 Å². The number of nitrogens with zero attached hydrogens (tertiary/aromatic N) is 3.